The van der Waals surface area contributed by atoms with Gasteiger partial charge in [0.05, 0.1) is 12.3 Å². The maximum absolute atomic E-state index is 11.7. The van der Waals surface area contributed by atoms with E-state index in [1.54, 1.807) is 11.8 Å². The minimum atomic E-state index is 0.00316. The third kappa shape index (κ3) is 5.82. The van der Waals surface area contributed by atoms with Crippen molar-refractivity contribution in [3.05, 3.63) is 29.3 Å². The number of amides is 1. The van der Waals surface area contributed by atoms with Crippen LogP contribution in [0.25, 0.3) is 0 Å². The van der Waals surface area contributed by atoms with Gasteiger partial charge in [-0.1, -0.05) is 17.9 Å². The lowest BCUT2D eigenvalue weighted by Crippen LogP contribution is -2.13. The molecular formula is C15H19NO2S. The van der Waals surface area contributed by atoms with Gasteiger partial charge in [-0.25, -0.2) is 0 Å². The number of aryl methyl sites for hydroxylation is 1. The molecular weight excluding hydrogens is 258 g/mol. The SMILES string of the molecule is CSCCC(=O)Nc1ccc(C)cc1C#CCCO. The first-order valence-electron chi connectivity index (χ1n) is 6.16. The van der Waals surface area contributed by atoms with Crippen molar-refractivity contribution in [2.24, 2.45) is 0 Å². The standard InChI is InChI=1S/C15H19NO2S/c1-12-6-7-14(16-15(18)8-10-19-2)13(11-12)5-3-4-9-17/h6-7,11,17H,4,8-10H2,1-2H3,(H,16,18). The number of hydrogen-bond donors (Lipinski definition) is 2. The fourth-order valence-electron chi connectivity index (χ4n) is 1.49. The van der Waals surface area contributed by atoms with E-state index in [-0.39, 0.29) is 12.5 Å². The van der Waals surface area contributed by atoms with Crippen LogP contribution in [-0.2, 0) is 4.79 Å². The number of benzene rings is 1. The van der Waals surface area contributed by atoms with Gasteiger partial charge in [0.25, 0.3) is 0 Å². The predicted molar refractivity (Wildman–Crippen MR) is 81.4 cm³/mol. The van der Waals surface area contributed by atoms with Crippen molar-refractivity contribution in [1.29, 1.82) is 0 Å². The number of anilines is 1. The Morgan fingerprint density at radius 1 is 1.47 bits per heavy atom. The molecule has 1 aromatic carbocycles. The number of rotatable bonds is 5. The van der Waals surface area contributed by atoms with E-state index < -0.39 is 0 Å². The maximum atomic E-state index is 11.7. The van der Waals surface area contributed by atoms with Crippen LogP contribution < -0.4 is 5.32 Å². The molecule has 1 rings (SSSR count). The van der Waals surface area contributed by atoms with Crippen LogP contribution in [0.5, 0.6) is 0 Å². The molecule has 19 heavy (non-hydrogen) atoms. The van der Waals surface area contributed by atoms with Gasteiger partial charge in [-0.3, -0.25) is 4.79 Å². The van der Waals surface area contributed by atoms with Gasteiger partial charge < -0.3 is 10.4 Å². The van der Waals surface area contributed by atoms with E-state index in [1.165, 1.54) is 0 Å². The molecule has 0 saturated heterocycles. The van der Waals surface area contributed by atoms with Crippen molar-refractivity contribution in [2.45, 2.75) is 19.8 Å². The lowest BCUT2D eigenvalue weighted by Gasteiger charge is -2.08. The quantitative estimate of drug-likeness (QED) is 0.813. The Morgan fingerprint density at radius 2 is 2.26 bits per heavy atom. The highest BCUT2D eigenvalue weighted by molar-refractivity contribution is 7.98. The lowest BCUT2D eigenvalue weighted by molar-refractivity contribution is -0.115. The van der Waals surface area contributed by atoms with Crippen LogP contribution in [0.3, 0.4) is 0 Å². The van der Waals surface area contributed by atoms with Crippen molar-refractivity contribution >= 4 is 23.4 Å². The van der Waals surface area contributed by atoms with E-state index in [2.05, 4.69) is 17.2 Å². The van der Waals surface area contributed by atoms with Crippen LogP contribution in [-0.4, -0.2) is 29.6 Å². The van der Waals surface area contributed by atoms with Crippen molar-refractivity contribution in [1.82, 2.24) is 0 Å². The lowest BCUT2D eigenvalue weighted by atomic mass is 10.1. The second kappa shape index (κ2) is 8.63. The van der Waals surface area contributed by atoms with Gasteiger partial charge in [0.1, 0.15) is 0 Å². The summed E-state index contributed by atoms with van der Waals surface area (Å²) in [5.41, 5.74) is 2.63. The monoisotopic (exact) mass is 277 g/mol. The first-order chi connectivity index (χ1) is 9.17. The summed E-state index contributed by atoms with van der Waals surface area (Å²) in [6, 6.07) is 5.76. The van der Waals surface area contributed by atoms with Gasteiger partial charge >= 0.3 is 0 Å². The summed E-state index contributed by atoms with van der Waals surface area (Å²) in [6.45, 7) is 2.03. The van der Waals surface area contributed by atoms with Crippen LogP contribution in [0.15, 0.2) is 18.2 Å². The predicted octanol–water partition coefficient (Wildman–Crippen LogP) is 2.42. The third-order valence-corrected chi connectivity index (χ3v) is 3.05. The topological polar surface area (TPSA) is 49.3 Å². The molecule has 0 spiro atoms. The van der Waals surface area contributed by atoms with Gasteiger partial charge in [-0.2, -0.15) is 11.8 Å². The highest BCUT2D eigenvalue weighted by atomic mass is 32.2. The number of thioether (sulfide) groups is 1. The highest BCUT2D eigenvalue weighted by Gasteiger charge is 2.05. The number of carbonyl (C=O) groups excluding carboxylic acids is 1. The smallest absolute Gasteiger partial charge is 0.225 e. The Kier molecular flexibility index (Phi) is 7.09. The summed E-state index contributed by atoms with van der Waals surface area (Å²) >= 11 is 1.65. The molecule has 2 N–H and O–H groups in total. The molecule has 0 saturated carbocycles. The molecule has 0 fully saturated rings. The van der Waals surface area contributed by atoms with E-state index in [0.717, 1.165) is 22.6 Å². The van der Waals surface area contributed by atoms with Gasteiger partial charge in [0.15, 0.2) is 0 Å². The first-order valence-corrected chi connectivity index (χ1v) is 7.56. The highest BCUT2D eigenvalue weighted by Crippen LogP contribution is 2.17. The minimum Gasteiger partial charge on any atom is -0.395 e. The number of aliphatic hydroxyl groups is 1. The zero-order chi connectivity index (χ0) is 14.1. The number of nitrogens with one attached hydrogen (secondary N) is 1. The molecule has 0 aromatic heterocycles. The van der Waals surface area contributed by atoms with E-state index in [1.807, 2.05) is 31.4 Å². The van der Waals surface area contributed by atoms with Gasteiger partial charge in [0, 0.05) is 24.2 Å². The number of hydrogen-bond acceptors (Lipinski definition) is 3. The Labute approximate surface area is 118 Å². The summed E-state index contributed by atoms with van der Waals surface area (Å²) in [7, 11) is 0. The number of aliphatic hydroxyl groups excluding tert-OH is 1. The summed E-state index contributed by atoms with van der Waals surface area (Å²) in [5.74, 6) is 6.68. The molecule has 0 unspecified atom stereocenters. The largest absolute Gasteiger partial charge is 0.395 e. The van der Waals surface area contributed by atoms with E-state index in [9.17, 15) is 4.79 Å². The molecule has 0 atom stereocenters. The average Bonchev–Trinajstić information content (AvgIpc) is 2.39. The third-order valence-electron chi connectivity index (χ3n) is 2.44. The van der Waals surface area contributed by atoms with E-state index in [4.69, 9.17) is 5.11 Å². The summed E-state index contributed by atoms with van der Waals surface area (Å²) < 4.78 is 0. The van der Waals surface area contributed by atoms with E-state index >= 15 is 0 Å². The van der Waals surface area contributed by atoms with Gasteiger partial charge in [-0.15, -0.1) is 0 Å². The molecule has 0 aliphatic heterocycles. The van der Waals surface area contributed by atoms with Crippen LogP contribution in [0, 0.1) is 18.8 Å². The van der Waals surface area contributed by atoms with Crippen molar-refractivity contribution in [3.8, 4) is 11.8 Å². The Balaban J connectivity index is 2.82. The van der Waals surface area contributed by atoms with Gasteiger partial charge in [-0.05, 0) is 30.9 Å². The molecule has 4 heteroatoms. The fourth-order valence-corrected chi connectivity index (χ4v) is 1.88. The molecule has 0 aliphatic rings. The number of carbonyl (C=O) groups is 1. The minimum absolute atomic E-state index is 0.00316. The molecule has 1 amide bonds. The summed E-state index contributed by atoms with van der Waals surface area (Å²) in [6.07, 6.45) is 2.91. The normalized spacial score (nSPS) is 9.63. The molecule has 0 radical (unpaired) electrons. The second-order valence-corrected chi connectivity index (χ2v) is 5.10. The Morgan fingerprint density at radius 3 is 2.95 bits per heavy atom. The van der Waals surface area contributed by atoms with Gasteiger partial charge in [0.2, 0.25) is 5.91 Å². The maximum Gasteiger partial charge on any atom is 0.225 e. The molecule has 0 heterocycles. The molecule has 3 nitrogen and oxygen atoms in total. The van der Waals surface area contributed by atoms with Crippen molar-refractivity contribution in [2.75, 3.05) is 23.9 Å². The fraction of sp³-hybridized carbons (Fsp3) is 0.400. The molecule has 0 aliphatic carbocycles. The van der Waals surface area contributed by atoms with Crippen LogP contribution in [0.2, 0.25) is 0 Å². The average molecular weight is 277 g/mol. The van der Waals surface area contributed by atoms with Crippen LogP contribution >= 0.6 is 11.8 Å². The molecule has 102 valence electrons. The summed E-state index contributed by atoms with van der Waals surface area (Å²) in [4.78, 5) is 11.7. The first kappa shape index (κ1) is 15.6. The molecule has 1 aromatic rings. The Bertz CT molecular complexity index is 489. The zero-order valence-electron chi connectivity index (χ0n) is 11.3. The van der Waals surface area contributed by atoms with Crippen LogP contribution in [0.1, 0.15) is 24.0 Å². The van der Waals surface area contributed by atoms with Crippen molar-refractivity contribution in [3.63, 3.8) is 0 Å². The Hall–Kier alpha value is -1.44. The van der Waals surface area contributed by atoms with Crippen molar-refractivity contribution < 1.29 is 9.90 Å². The molecule has 0 bridgehead atoms. The zero-order valence-corrected chi connectivity index (χ0v) is 12.1. The van der Waals surface area contributed by atoms with Crippen LogP contribution in [0.4, 0.5) is 5.69 Å². The van der Waals surface area contributed by atoms with E-state index in [0.29, 0.717) is 12.8 Å². The summed E-state index contributed by atoms with van der Waals surface area (Å²) in [5, 5.41) is 11.6. The second-order valence-electron chi connectivity index (χ2n) is 4.12.